The van der Waals surface area contributed by atoms with Gasteiger partial charge < -0.3 is 14.0 Å². The number of alkyl halides is 3. The average Bonchev–Trinajstić information content (AvgIpc) is 2.92. The number of carbonyl (C=O) groups is 2. The van der Waals surface area contributed by atoms with E-state index in [9.17, 15) is 22.8 Å². The first kappa shape index (κ1) is 23.1. The first-order chi connectivity index (χ1) is 14.5. The van der Waals surface area contributed by atoms with E-state index < -0.39 is 28.7 Å². The van der Waals surface area contributed by atoms with Crippen LogP contribution in [0.2, 0.25) is 5.02 Å². The summed E-state index contributed by atoms with van der Waals surface area (Å²) in [5, 5.41) is 0.134. The van der Waals surface area contributed by atoms with Crippen molar-refractivity contribution in [3.8, 4) is 5.75 Å². The van der Waals surface area contributed by atoms with Crippen LogP contribution in [0, 0.1) is 0 Å². The molecule has 164 valence electrons. The Balaban J connectivity index is 2.13. The maximum Gasteiger partial charge on any atom is 0.417 e. The Labute approximate surface area is 188 Å². The zero-order valence-electron chi connectivity index (χ0n) is 16.3. The summed E-state index contributed by atoms with van der Waals surface area (Å²) in [4.78, 5) is 23.9. The second kappa shape index (κ2) is 8.92. The molecule has 0 bridgehead atoms. The number of rotatable bonds is 5. The summed E-state index contributed by atoms with van der Waals surface area (Å²) in [6.07, 6.45) is -4.57. The predicted molar refractivity (Wildman–Crippen MR) is 112 cm³/mol. The Hall–Kier alpha value is -2.52. The van der Waals surface area contributed by atoms with E-state index in [1.807, 2.05) is 0 Å². The number of hydrogen-bond donors (Lipinski definition) is 0. The largest absolute Gasteiger partial charge is 0.461 e. The number of halogens is 5. The van der Waals surface area contributed by atoms with E-state index in [1.165, 1.54) is 19.1 Å². The maximum absolute atomic E-state index is 13.0. The highest BCUT2D eigenvalue weighted by Crippen LogP contribution is 2.37. The van der Waals surface area contributed by atoms with Crippen molar-refractivity contribution in [2.75, 3.05) is 6.61 Å². The third kappa shape index (κ3) is 4.88. The quantitative estimate of drug-likeness (QED) is 0.297. The highest BCUT2D eigenvalue weighted by molar-refractivity contribution is 9.10. The van der Waals surface area contributed by atoms with Gasteiger partial charge in [0.2, 0.25) is 0 Å². The summed E-state index contributed by atoms with van der Waals surface area (Å²) in [7, 11) is 0. The molecule has 0 unspecified atom stereocenters. The van der Waals surface area contributed by atoms with Crippen molar-refractivity contribution in [1.29, 1.82) is 0 Å². The van der Waals surface area contributed by atoms with E-state index in [2.05, 4.69) is 15.9 Å². The number of benzene rings is 2. The lowest BCUT2D eigenvalue weighted by Crippen LogP contribution is -2.14. The van der Waals surface area contributed by atoms with Crippen molar-refractivity contribution in [2.45, 2.75) is 26.6 Å². The van der Waals surface area contributed by atoms with Crippen molar-refractivity contribution in [3.63, 3.8) is 0 Å². The summed E-state index contributed by atoms with van der Waals surface area (Å²) in [6, 6.07) is 8.21. The van der Waals surface area contributed by atoms with Crippen LogP contribution in [0.15, 0.2) is 40.9 Å². The van der Waals surface area contributed by atoms with Crippen molar-refractivity contribution in [3.05, 3.63) is 62.7 Å². The van der Waals surface area contributed by atoms with Crippen molar-refractivity contribution in [1.82, 2.24) is 4.57 Å². The topological polar surface area (TPSA) is 57.5 Å². The summed E-state index contributed by atoms with van der Waals surface area (Å²) in [5.41, 5.74) is 0.278. The molecule has 2 aromatic carbocycles. The lowest BCUT2D eigenvalue weighted by atomic mass is 10.1. The van der Waals surface area contributed by atoms with Crippen LogP contribution in [0.3, 0.4) is 0 Å². The average molecular weight is 519 g/mol. The third-order valence-corrected chi connectivity index (χ3v) is 5.50. The minimum Gasteiger partial charge on any atom is -0.461 e. The molecular weight excluding hydrogens is 503 g/mol. The number of carbonyl (C=O) groups excluding carboxylic acids is 2. The highest BCUT2D eigenvalue weighted by Gasteiger charge is 2.33. The van der Waals surface area contributed by atoms with E-state index in [4.69, 9.17) is 21.1 Å². The van der Waals surface area contributed by atoms with Crippen molar-refractivity contribution in [2.24, 2.45) is 0 Å². The summed E-state index contributed by atoms with van der Waals surface area (Å²) in [6.45, 7) is 3.12. The zero-order chi connectivity index (χ0) is 22.9. The van der Waals surface area contributed by atoms with Gasteiger partial charge in [0.15, 0.2) is 0 Å². The molecule has 0 saturated heterocycles. The zero-order valence-corrected chi connectivity index (χ0v) is 18.7. The van der Waals surface area contributed by atoms with Crippen LogP contribution in [0.25, 0.3) is 10.9 Å². The van der Waals surface area contributed by atoms with Gasteiger partial charge in [-0.2, -0.15) is 13.2 Å². The van der Waals surface area contributed by atoms with Gasteiger partial charge in [-0.15, -0.1) is 0 Å². The molecule has 0 saturated carbocycles. The van der Waals surface area contributed by atoms with E-state index in [0.29, 0.717) is 20.9 Å². The smallest absolute Gasteiger partial charge is 0.417 e. The van der Waals surface area contributed by atoms with Gasteiger partial charge in [0.25, 0.3) is 0 Å². The molecule has 0 atom stereocenters. The lowest BCUT2D eigenvalue weighted by Gasteiger charge is -2.13. The Morgan fingerprint density at radius 1 is 1.16 bits per heavy atom. The molecule has 5 nitrogen and oxygen atoms in total. The molecule has 0 aliphatic heterocycles. The Bertz CT molecular complexity index is 1170. The summed E-state index contributed by atoms with van der Waals surface area (Å²) in [5.74, 6) is -0.830. The van der Waals surface area contributed by atoms with Gasteiger partial charge >= 0.3 is 18.1 Å². The first-order valence-corrected chi connectivity index (χ1v) is 10.2. The molecule has 0 N–H and O–H groups in total. The second-order valence-electron chi connectivity index (χ2n) is 6.55. The van der Waals surface area contributed by atoms with E-state index >= 15 is 0 Å². The molecule has 31 heavy (non-hydrogen) atoms. The minimum absolute atomic E-state index is 0.0566. The molecular formula is C21H16BrClF3NO4. The molecule has 0 fully saturated rings. The fourth-order valence-corrected chi connectivity index (χ4v) is 4.16. The van der Waals surface area contributed by atoms with Crippen LogP contribution in [0.1, 0.15) is 35.5 Å². The number of aromatic nitrogens is 1. The highest BCUT2D eigenvalue weighted by atomic mass is 79.9. The molecule has 1 heterocycles. The Morgan fingerprint density at radius 2 is 1.87 bits per heavy atom. The number of hydrogen-bond acceptors (Lipinski definition) is 4. The van der Waals surface area contributed by atoms with Gasteiger partial charge in [-0.25, -0.2) is 4.79 Å². The molecule has 0 aliphatic carbocycles. The summed E-state index contributed by atoms with van der Waals surface area (Å²) >= 11 is 9.25. The standard InChI is InChI=1S/C21H16BrClF3NO4/c1-3-30-20(29)19-18(22)14-9-13(31-11(2)28)5-7-17(14)27(19)10-12-4-6-15(16(23)8-12)21(24,25)26/h4-9H,3,10H2,1-2H3. The number of fused-ring (bicyclic) bond motifs is 1. The Kier molecular flexibility index (Phi) is 6.66. The molecule has 0 spiro atoms. The number of ether oxygens (including phenoxy) is 2. The second-order valence-corrected chi connectivity index (χ2v) is 7.75. The van der Waals surface area contributed by atoms with Gasteiger partial charge in [0.05, 0.1) is 27.2 Å². The fraction of sp³-hybridized carbons (Fsp3) is 0.238. The van der Waals surface area contributed by atoms with Gasteiger partial charge in [-0.1, -0.05) is 17.7 Å². The van der Waals surface area contributed by atoms with Gasteiger partial charge in [0.1, 0.15) is 11.4 Å². The predicted octanol–water partition coefficient (Wildman–Crippen LogP) is 6.23. The number of nitrogens with zero attached hydrogens (tertiary/aromatic N) is 1. The fourth-order valence-electron chi connectivity index (χ4n) is 3.16. The SMILES string of the molecule is CCOC(=O)c1c(Br)c2cc(OC(C)=O)ccc2n1Cc1ccc(C(F)(F)F)c(Cl)c1. The van der Waals surface area contributed by atoms with E-state index in [-0.39, 0.29) is 24.6 Å². The monoisotopic (exact) mass is 517 g/mol. The summed E-state index contributed by atoms with van der Waals surface area (Å²) < 4.78 is 51.3. The van der Waals surface area contributed by atoms with Crippen molar-refractivity contribution >= 4 is 50.4 Å². The molecule has 0 radical (unpaired) electrons. The molecule has 3 aromatic rings. The normalized spacial score (nSPS) is 11.6. The molecule has 3 rings (SSSR count). The van der Waals surface area contributed by atoms with Crippen LogP contribution in [-0.2, 0) is 22.3 Å². The maximum atomic E-state index is 13.0. The molecule has 0 amide bonds. The minimum atomic E-state index is -4.57. The van der Waals surface area contributed by atoms with Crippen molar-refractivity contribution < 1.29 is 32.2 Å². The van der Waals surface area contributed by atoms with E-state index in [1.54, 1.807) is 29.7 Å². The van der Waals surface area contributed by atoms with Crippen LogP contribution in [0.4, 0.5) is 13.2 Å². The first-order valence-electron chi connectivity index (χ1n) is 9.05. The van der Waals surface area contributed by atoms with Crippen LogP contribution in [-0.4, -0.2) is 23.1 Å². The van der Waals surface area contributed by atoms with Crippen LogP contribution in [0.5, 0.6) is 5.75 Å². The molecule has 0 aliphatic rings. The lowest BCUT2D eigenvalue weighted by molar-refractivity contribution is -0.137. The van der Waals surface area contributed by atoms with Gasteiger partial charge in [0, 0.05) is 18.9 Å². The molecule has 10 heteroatoms. The van der Waals surface area contributed by atoms with Crippen LogP contribution >= 0.6 is 27.5 Å². The van der Waals surface area contributed by atoms with Gasteiger partial charge in [-0.3, -0.25) is 4.79 Å². The third-order valence-electron chi connectivity index (χ3n) is 4.38. The number of esters is 2. The van der Waals surface area contributed by atoms with E-state index in [0.717, 1.165) is 6.07 Å². The molecule has 1 aromatic heterocycles. The Morgan fingerprint density at radius 3 is 2.45 bits per heavy atom. The van der Waals surface area contributed by atoms with Gasteiger partial charge in [-0.05, 0) is 58.7 Å². The van der Waals surface area contributed by atoms with Crippen LogP contribution < -0.4 is 4.74 Å².